The number of aromatic carboxylic acids is 1. The number of ether oxygens (including phenoxy) is 2. The number of thioether (sulfide) groups is 1. The molecule has 1 fully saturated rings. The maximum atomic E-state index is 12.9. The van der Waals surface area contributed by atoms with Crippen molar-refractivity contribution < 1.29 is 24.2 Å². The average Bonchev–Trinajstić information content (AvgIpc) is 3.19. The average molecular weight is 525 g/mol. The van der Waals surface area contributed by atoms with Crippen molar-refractivity contribution in [3.05, 3.63) is 107 Å². The van der Waals surface area contributed by atoms with Gasteiger partial charge in [-0.15, -0.1) is 0 Å². The number of carbonyl (C=O) groups is 2. The Morgan fingerprint density at radius 2 is 1.79 bits per heavy atom. The Bertz CT molecular complexity index is 1610. The first kappa shape index (κ1) is 25.1. The summed E-state index contributed by atoms with van der Waals surface area (Å²) in [6.45, 7) is 0.389. The van der Waals surface area contributed by atoms with Crippen LogP contribution in [0.15, 0.2) is 94.8 Å². The van der Waals surface area contributed by atoms with Crippen LogP contribution in [0.1, 0.15) is 21.5 Å². The number of carboxylic acids is 1. The van der Waals surface area contributed by atoms with E-state index in [1.807, 2.05) is 42.5 Å². The third-order valence-corrected chi connectivity index (χ3v) is 7.13. The molecule has 0 aromatic heterocycles. The van der Waals surface area contributed by atoms with Crippen LogP contribution in [-0.2, 0) is 11.4 Å². The number of amidine groups is 1. The van der Waals surface area contributed by atoms with Crippen molar-refractivity contribution >= 4 is 51.3 Å². The normalized spacial score (nSPS) is 15.4. The number of hydrogen-bond donors (Lipinski definition) is 1. The van der Waals surface area contributed by atoms with E-state index in [0.29, 0.717) is 33.9 Å². The standard InChI is InChI=1S/C30H24N2O5S/c1-32-28(33)27(38-30(32)31-23-11-6-9-21(17-23)29(34)35)16-19-13-14-25(26(15-19)36-2)37-18-22-10-5-8-20-7-3-4-12-24(20)22/h3-17H,18H2,1-2H3,(H,34,35)/b27-16-,31-30?. The highest BCUT2D eigenvalue weighted by atomic mass is 32.2. The molecule has 5 rings (SSSR count). The molecule has 1 heterocycles. The molecule has 190 valence electrons. The van der Waals surface area contributed by atoms with Crippen LogP contribution in [0.5, 0.6) is 11.5 Å². The summed E-state index contributed by atoms with van der Waals surface area (Å²) in [5.41, 5.74) is 2.45. The Hall–Kier alpha value is -4.56. The van der Waals surface area contributed by atoms with Gasteiger partial charge in [-0.3, -0.25) is 9.69 Å². The topological polar surface area (TPSA) is 88.4 Å². The van der Waals surface area contributed by atoms with Crippen molar-refractivity contribution in [2.45, 2.75) is 6.61 Å². The fourth-order valence-corrected chi connectivity index (χ4v) is 5.08. The number of carbonyl (C=O) groups excluding carboxylic acids is 1. The molecule has 8 heteroatoms. The molecule has 0 unspecified atom stereocenters. The molecule has 0 radical (unpaired) electrons. The molecule has 38 heavy (non-hydrogen) atoms. The predicted octanol–water partition coefficient (Wildman–Crippen LogP) is 6.36. The molecule has 4 aromatic rings. The zero-order valence-corrected chi connectivity index (χ0v) is 21.6. The van der Waals surface area contributed by atoms with Gasteiger partial charge in [0.15, 0.2) is 16.7 Å². The lowest BCUT2D eigenvalue weighted by molar-refractivity contribution is -0.121. The number of aliphatic imine (C=N–C) groups is 1. The zero-order chi connectivity index (χ0) is 26.6. The minimum absolute atomic E-state index is 0.134. The summed E-state index contributed by atoms with van der Waals surface area (Å²) in [7, 11) is 3.22. The van der Waals surface area contributed by atoms with E-state index in [2.05, 4.69) is 23.2 Å². The van der Waals surface area contributed by atoms with E-state index in [-0.39, 0.29) is 11.5 Å². The number of carboxylic acid groups (broad SMARTS) is 1. The van der Waals surface area contributed by atoms with Crippen molar-refractivity contribution in [3.8, 4) is 11.5 Å². The molecule has 1 aliphatic heterocycles. The van der Waals surface area contributed by atoms with Gasteiger partial charge in [-0.1, -0.05) is 54.6 Å². The zero-order valence-electron chi connectivity index (χ0n) is 20.8. The van der Waals surface area contributed by atoms with Crippen LogP contribution in [0.25, 0.3) is 16.8 Å². The van der Waals surface area contributed by atoms with Gasteiger partial charge in [0.2, 0.25) is 0 Å². The van der Waals surface area contributed by atoms with Crippen LogP contribution in [0.3, 0.4) is 0 Å². The number of methoxy groups -OCH3 is 1. The monoisotopic (exact) mass is 524 g/mol. The van der Waals surface area contributed by atoms with Crippen molar-refractivity contribution in [2.24, 2.45) is 4.99 Å². The highest BCUT2D eigenvalue weighted by Gasteiger charge is 2.30. The molecular weight excluding hydrogens is 500 g/mol. The highest BCUT2D eigenvalue weighted by Crippen LogP contribution is 2.35. The van der Waals surface area contributed by atoms with Crippen LogP contribution in [0, 0.1) is 0 Å². The van der Waals surface area contributed by atoms with Crippen LogP contribution in [0.4, 0.5) is 5.69 Å². The number of hydrogen-bond acceptors (Lipinski definition) is 6. The molecule has 0 saturated carbocycles. The molecule has 1 N–H and O–H groups in total. The second-order valence-electron chi connectivity index (χ2n) is 8.56. The summed E-state index contributed by atoms with van der Waals surface area (Å²) in [4.78, 5) is 30.6. The molecule has 1 saturated heterocycles. The molecule has 4 aromatic carbocycles. The summed E-state index contributed by atoms with van der Waals surface area (Å²) in [5.74, 6) is -0.0681. The first-order chi connectivity index (χ1) is 18.4. The Morgan fingerprint density at radius 1 is 1.00 bits per heavy atom. The Balaban J connectivity index is 1.35. The molecular formula is C30H24N2O5S. The lowest BCUT2D eigenvalue weighted by Crippen LogP contribution is -2.23. The minimum Gasteiger partial charge on any atom is -0.493 e. The smallest absolute Gasteiger partial charge is 0.335 e. The maximum Gasteiger partial charge on any atom is 0.335 e. The van der Waals surface area contributed by atoms with E-state index in [1.54, 1.807) is 32.4 Å². The van der Waals surface area contributed by atoms with Crippen molar-refractivity contribution in [2.75, 3.05) is 14.2 Å². The van der Waals surface area contributed by atoms with Gasteiger partial charge in [0.1, 0.15) is 6.61 Å². The van der Waals surface area contributed by atoms with E-state index in [4.69, 9.17) is 9.47 Å². The van der Waals surface area contributed by atoms with Crippen LogP contribution in [0.2, 0.25) is 0 Å². The first-order valence-electron chi connectivity index (χ1n) is 11.8. The van der Waals surface area contributed by atoms with Crippen LogP contribution in [-0.4, -0.2) is 41.2 Å². The second-order valence-corrected chi connectivity index (χ2v) is 9.57. The van der Waals surface area contributed by atoms with Gasteiger partial charge >= 0.3 is 5.97 Å². The van der Waals surface area contributed by atoms with E-state index in [9.17, 15) is 14.7 Å². The molecule has 1 amide bonds. The Morgan fingerprint density at radius 3 is 2.61 bits per heavy atom. The molecule has 0 spiro atoms. The lowest BCUT2D eigenvalue weighted by atomic mass is 10.1. The number of rotatable bonds is 7. The summed E-state index contributed by atoms with van der Waals surface area (Å²) < 4.78 is 11.7. The lowest BCUT2D eigenvalue weighted by Gasteiger charge is -2.13. The van der Waals surface area contributed by atoms with Gasteiger partial charge in [0.25, 0.3) is 5.91 Å². The highest BCUT2D eigenvalue weighted by molar-refractivity contribution is 8.18. The van der Waals surface area contributed by atoms with Gasteiger partial charge in [0, 0.05) is 7.05 Å². The van der Waals surface area contributed by atoms with E-state index < -0.39 is 5.97 Å². The predicted molar refractivity (Wildman–Crippen MR) is 150 cm³/mol. The fraction of sp³-hybridized carbons (Fsp3) is 0.100. The summed E-state index contributed by atoms with van der Waals surface area (Å²) in [6.07, 6.45) is 1.77. The number of amides is 1. The van der Waals surface area contributed by atoms with E-state index in [0.717, 1.165) is 21.9 Å². The molecule has 7 nitrogen and oxygen atoms in total. The maximum absolute atomic E-state index is 12.9. The first-order valence-corrected chi connectivity index (χ1v) is 12.6. The van der Waals surface area contributed by atoms with Crippen LogP contribution >= 0.6 is 11.8 Å². The van der Waals surface area contributed by atoms with Crippen LogP contribution < -0.4 is 9.47 Å². The van der Waals surface area contributed by atoms with Gasteiger partial charge < -0.3 is 14.6 Å². The molecule has 0 bridgehead atoms. The molecule has 1 aliphatic rings. The number of likely N-dealkylation sites (N-methyl/N-ethyl adjacent to an activating group) is 1. The van der Waals surface area contributed by atoms with Crippen molar-refractivity contribution in [1.82, 2.24) is 4.90 Å². The quantitative estimate of drug-likeness (QED) is 0.283. The number of nitrogens with zero attached hydrogens (tertiary/aromatic N) is 2. The third-order valence-electron chi connectivity index (χ3n) is 6.07. The van der Waals surface area contributed by atoms with Crippen molar-refractivity contribution in [1.29, 1.82) is 0 Å². The summed E-state index contributed by atoms with van der Waals surface area (Å²) in [5, 5.41) is 12.0. The third kappa shape index (κ3) is 5.26. The van der Waals surface area contributed by atoms with Gasteiger partial charge in [-0.05, 0) is 70.1 Å². The number of benzene rings is 4. The Kier molecular flexibility index (Phi) is 7.15. The summed E-state index contributed by atoms with van der Waals surface area (Å²) >= 11 is 1.23. The van der Waals surface area contributed by atoms with E-state index in [1.165, 1.54) is 28.8 Å². The van der Waals surface area contributed by atoms with Gasteiger partial charge in [-0.2, -0.15) is 0 Å². The molecule has 0 atom stereocenters. The minimum atomic E-state index is -1.03. The second kappa shape index (κ2) is 10.8. The van der Waals surface area contributed by atoms with Gasteiger partial charge in [0.05, 0.1) is 23.3 Å². The Labute approximate surface area is 224 Å². The largest absolute Gasteiger partial charge is 0.493 e. The SMILES string of the molecule is COc1cc(/C=C2\SC(=Nc3cccc(C(=O)O)c3)N(C)C2=O)ccc1OCc1cccc2ccccc12. The summed E-state index contributed by atoms with van der Waals surface area (Å²) in [6, 6.07) is 26.1. The van der Waals surface area contributed by atoms with Gasteiger partial charge in [-0.25, -0.2) is 9.79 Å². The van der Waals surface area contributed by atoms with Crippen molar-refractivity contribution in [3.63, 3.8) is 0 Å². The van der Waals surface area contributed by atoms with E-state index >= 15 is 0 Å². The number of fused-ring (bicyclic) bond motifs is 1. The fourth-order valence-electron chi connectivity index (χ4n) is 4.09. The molecule has 0 aliphatic carbocycles.